The summed E-state index contributed by atoms with van der Waals surface area (Å²) in [5, 5.41) is 3.02. The van der Waals surface area contributed by atoms with Crippen LogP contribution in [0, 0.1) is 0 Å². The van der Waals surface area contributed by atoms with E-state index in [2.05, 4.69) is 41.2 Å². The molecule has 128 valence electrons. The van der Waals surface area contributed by atoms with Crippen LogP contribution in [0.2, 0.25) is 0 Å². The Morgan fingerprint density at radius 1 is 1.26 bits per heavy atom. The van der Waals surface area contributed by atoms with Crippen molar-refractivity contribution in [2.45, 2.75) is 33.0 Å². The normalized spacial score (nSPS) is 19.7. The highest BCUT2D eigenvalue weighted by Gasteiger charge is 2.22. The van der Waals surface area contributed by atoms with Gasteiger partial charge >= 0.3 is 0 Å². The average Bonchev–Trinajstić information content (AvgIpc) is 2.54. The fraction of sp³-hybridized carbons (Fsp3) is 0.611. The topological polar surface area (TPSA) is 44.8 Å². The minimum Gasteiger partial charge on any atom is -0.377 e. The summed E-state index contributed by atoms with van der Waals surface area (Å²) in [6.07, 6.45) is 0. The zero-order chi connectivity index (χ0) is 16.7. The molecule has 0 radical (unpaired) electrons. The molecule has 1 aliphatic heterocycles. The Hall–Kier alpha value is -1.43. The van der Waals surface area contributed by atoms with E-state index in [4.69, 9.17) is 4.74 Å². The van der Waals surface area contributed by atoms with E-state index in [1.165, 1.54) is 0 Å². The molecular weight excluding hydrogens is 290 g/mol. The van der Waals surface area contributed by atoms with Crippen LogP contribution in [-0.2, 0) is 22.7 Å². The van der Waals surface area contributed by atoms with Crippen LogP contribution in [0.5, 0.6) is 0 Å². The highest BCUT2D eigenvalue weighted by Crippen LogP contribution is 2.08. The van der Waals surface area contributed by atoms with Crippen molar-refractivity contribution in [2.75, 3.05) is 39.8 Å². The van der Waals surface area contributed by atoms with Gasteiger partial charge in [-0.05, 0) is 32.0 Å². The maximum Gasteiger partial charge on any atom is 0.234 e. The second kappa shape index (κ2) is 9.01. The predicted octanol–water partition coefficient (Wildman–Crippen LogP) is 1.48. The molecule has 2 rings (SSSR count). The van der Waals surface area contributed by atoms with Crippen molar-refractivity contribution < 1.29 is 9.53 Å². The van der Waals surface area contributed by atoms with E-state index in [0.29, 0.717) is 25.7 Å². The number of amides is 1. The fourth-order valence-electron chi connectivity index (χ4n) is 2.83. The van der Waals surface area contributed by atoms with Crippen molar-refractivity contribution in [3.05, 3.63) is 35.4 Å². The van der Waals surface area contributed by atoms with Crippen molar-refractivity contribution in [3.8, 4) is 0 Å². The van der Waals surface area contributed by atoms with Crippen LogP contribution in [-0.4, -0.2) is 61.6 Å². The van der Waals surface area contributed by atoms with E-state index in [-0.39, 0.29) is 5.91 Å². The third-order valence-electron chi connectivity index (χ3n) is 4.30. The van der Waals surface area contributed by atoms with Gasteiger partial charge in [-0.1, -0.05) is 24.3 Å². The zero-order valence-electron chi connectivity index (χ0n) is 14.5. The lowest BCUT2D eigenvalue weighted by atomic mass is 10.1. The van der Waals surface area contributed by atoms with E-state index in [0.717, 1.165) is 37.4 Å². The van der Waals surface area contributed by atoms with Gasteiger partial charge in [0.2, 0.25) is 5.91 Å². The van der Waals surface area contributed by atoms with Gasteiger partial charge in [0.1, 0.15) is 0 Å². The zero-order valence-corrected chi connectivity index (χ0v) is 14.5. The molecule has 1 unspecified atom stereocenters. The van der Waals surface area contributed by atoms with Crippen LogP contribution < -0.4 is 5.32 Å². The smallest absolute Gasteiger partial charge is 0.234 e. The van der Waals surface area contributed by atoms with Gasteiger partial charge in [0.25, 0.3) is 0 Å². The Labute approximate surface area is 139 Å². The monoisotopic (exact) mass is 319 g/mol. The first-order valence-electron chi connectivity index (χ1n) is 8.43. The van der Waals surface area contributed by atoms with E-state index in [1.54, 1.807) is 0 Å². The van der Waals surface area contributed by atoms with Crippen LogP contribution >= 0.6 is 0 Å². The highest BCUT2D eigenvalue weighted by molar-refractivity contribution is 5.78. The number of ether oxygens (including phenoxy) is 1. The number of benzene rings is 1. The van der Waals surface area contributed by atoms with Gasteiger partial charge in [0.15, 0.2) is 0 Å². The molecule has 0 spiro atoms. The van der Waals surface area contributed by atoms with E-state index in [1.807, 2.05) is 19.1 Å². The highest BCUT2D eigenvalue weighted by atomic mass is 16.5. The molecule has 0 saturated carbocycles. The Balaban J connectivity index is 1.73. The van der Waals surface area contributed by atoms with Crippen LogP contribution in [0.15, 0.2) is 24.3 Å². The maximum absolute atomic E-state index is 12.1. The molecule has 1 atom stereocenters. The largest absolute Gasteiger partial charge is 0.377 e. The summed E-state index contributed by atoms with van der Waals surface area (Å²) < 4.78 is 5.38. The molecule has 0 aromatic heterocycles. The first-order valence-corrected chi connectivity index (χ1v) is 8.43. The first kappa shape index (κ1) is 17.9. The lowest BCUT2D eigenvalue weighted by molar-refractivity contribution is -0.123. The minimum absolute atomic E-state index is 0.0970. The lowest BCUT2D eigenvalue weighted by Gasteiger charge is -2.37. The average molecular weight is 319 g/mol. The van der Waals surface area contributed by atoms with Gasteiger partial charge in [-0.3, -0.25) is 9.69 Å². The number of hydrogen-bond acceptors (Lipinski definition) is 4. The molecule has 5 nitrogen and oxygen atoms in total. The van der Waals surface area contributed by atoms with E-state index in [9.17, 15) is 4.79 Å². The Morgan fingerprint density at radius 2 is 1.96 bits per heavy atom. The molecule has 1 aromatic carbocycles. The summed E-state index contributed by atoms with van der Waals surface area (Å²) in [6, 6.07) is 8.64. The molecule has 23 heavy (non-hydrogen) atoms. The molecule has 1 N–H and O–H groups in total. The van der Waals surface area contributed by atoms with Gasteiger partial charge in [0.05, 0.1) is 13.2 Å². The Morgan fingerprint density at radius 3 is 2.61 bits per heavy atom. The van der Waals surface area contributed by atoms with Gasteiger partial charge in [-0.15, -0.1) is 0 Å². The summed E-state index contributed by atoms with van der Waals surface area (Å²) in [5.41, 5.74) is 2.28. The third-order valence-corrected chi connectivity index (χ3v) is 4.30. The number of hydrogen-bond donors (Lipinski definition) is 1. The van der Waals surface area contributed by atoms with Gasteiger partial charge in [-0.2, -0.15) is 0 Å². The Bertz CT molecular complexity index is 490. The van der Waals surface area contributed by atoms with Crippen molar-refractivity contribution >= 4 is 5.91 Å². The van der Waals surface area contributed by atoms with E-state index < -0.39 is 0 Å². The van der Waals surface area contributed by atoms with Crippen LogP contribution in [0.4, 0.5) is 0 Å². The lowest BCUT2D eigenvalue weighted by Crippen LogP contribution is -2.53. The van der Waals surface area contributed by atoms with Crippen LogP contribution in [0.25, 0.3) is 0 Å². The van der Waals surface area contributed by atoms with Crippen LogP contribution in [0.3, 0.4) is 0 Å². The van der Waals surface area contributed by atoms with Crippen molar-refractivity contribution in [1.29, 1.82) is 0 Å². The summed E-state index contributed by atoms with van der Waals surface area (Å²) >= 11 is 0. The summed E-state index contributed by atoms with van der Waals surface area (Å²) in [5.74, 6) is 0.0970. The second-order valence-corrected chi connectivity index (χ2v) is 6.31. The fourth-order valence-corrected chi connectivity index (χ4v) is 2.83. The molecule has 1 fully saturated rings. The summed E-state index contributed by atoms with van der Waals surface area (Å²) in [6.45, 7) is 9.61. The predicted molar refractivity (Wildman–Crippen MR) is 92.2 cm³/mol. The van der Waals surface area contributed by atoms with Crippen molar-refractivity contribution in [3.63, 3.8) is 0 Å². The number of nitrogens with zero attached hydrogens (tertiary/aromatic N) is 2. The number of likely N-dealkylation sites (N-methyl/N-ethyl adjacent to an activating group) is 1. The molecule has 1 aliphatic rings. The molecule has 5 heteroatoms. The SMILES string of the molecule is CCOCc1ccc(CNC(=O)CN2CCN(C)CC2C)cc1. The maximum atomic E-state index is 12.1. The number of carbonyl (C=O) groups is 1. The number of carbonyl (C=O) groups excluding carboxylic acids is 1. The number of nitrogens with one attached hydrogen (secondary N) is 1. The van der Waals surface area contributed by atoms with Crippen LogP contribution in [0.1, 0.15) is 25.0 Å². The summed E-state index contributed by atoms with van der Waals surface area (Å²) in [4.78, 5) is 16.7. The number of piperazine rings is 1. The molecule has 1 aromatic rings. The van der Waals surface area contributed by atoms with Crippen molar-refractivity contribution in [1.82, 2.24) is 15.1 Å². The molecule has 1 amide bonds. The van der Waals surface area contributed by atoms with Crippen molar-refractivity contribution in [2.24, 2.45) is 0 Å². The Kier molecular flexibility index (Phi) is 7.02. The second-order valence-electron chi connectivity index (χ2n) is 6.31. The van der Waals surface area contributed by atoms with E-state index >= 15 is 0 Å². The third kappa shape index (κ3) is 5.94. The molecule has 0 aliphatic carbocycles. The quantitative estimate of drug-likeness (QED) is 0.827. The first-order chi connectivity index (χ1) is 11.1. The van der Waals surface area contributed by atoms with Gasteiger partial charge < -0.3 is 15.0 Å². The minimum atomic E-state index is 0.0970. The van der Waals surface area contributed by atoms with Gasteiger partial charge in [-0.25, -0.2) is 0 Å². The standard InChI is InChI=1S/C18H29N3O2/c1-4-23-14-17-7-5-16(6-8-17)11-19-18(22)13-21-10-9-20(3)12-15(21)2/h5-8,15H,4,9-14H2,1-3H3,(H,19,22). The molecule has 0 bridgehead atoms. The molecular formula is C18H29N3O2. The molecule has 1 saturated heterocycles. The number of rotatable bonds is 7. The molecule has 1 heterocycles. The summed E-state index contributed by atoms with van der Waals surface area (Å²) in [7, 11) is 2.13. The van der Waals surface area contributed by atoms with Gasteiger partial charge in [0, 0.05) is 38.8 Å².